The molecule has 2 aliphatic rings. The van der Waals surface area contributed by atoms with Gasteiger partial charge in [0.25, 0.3) is 5.91 Å². The number of amides is 2. The number of aromatic nitrogens is 3. The minimum Gasteiger partial charge on any atom is -0.330 e. The Balaban J connectivity index is 1.67. The topological polar surface area (TPSA) is 80.1 Å². The molecule has 7 heteroatoms. The fraction of sp³-hybridized carbons (Fsp3) is 0.333. The lowest BCUT2D eigenvalue weighted by Gasteiger charge is -2.34. The van der Waals surface area contributed by atoms with Crippen molar-refractivity contribution < 1.29 is 9.59 Å². The lowest BCUT2D eigenvalue weighted by Crippen LogP contribution is -2.42. The quantitative estimate of drug-likeness (QED) is 0.711. The van der Waals surface area contributed by atoms with Gasteiger partial charge in [-0.05, 0) is 50.5 Å². The Morgan fingerprint density at radius 3 is 2.74 bits per heavy atom. The number of nitrogens with one attached hydrogen (secondary N) is 1. The largest absolute Gasteiger partial charge is 0.330 e. The van der Waals surface area contributed by atoms with E-state index in [4.69, 9.17) is 0 Å². The van der Waals surface area contributed by atoms with E-state index in [1.54, 1.807) is 12.4 Å². The first-order chi connectivity index (χ1) is 15.0. The number of carbonyl (C=O) groups excluding carboxylic acids is 2. The molecule has 2 aromatic heterocycles. The molecule has 1 saturated heterocycles. The lowest BCUT2D eigenvalue weighted by atomic mass is 9.73. The number of likely N-dealkylation sites (tertiary alicyclic amines) is 1. The number of fused-ring (bicyclic) bond motifs is 2. The molecular weight excluding hydrogens is 390 g/mol. The maximum absolute atomic E-state index is 13.9. The van der Waals surface area contributed by atoms with Crippen LogP contribution in [0.4, 0.5) is 5.69 Å². The first-order valence-corrected chi connectivity index (χ1v) is 10.6. The summed E-state index contributed by atoms with van der Waals surface area (Å²) < 4.78 is 1.85. The van der Waals surface area contributed by atoms with E-state index in [1.165, 1.54) is 0 Å². The second kappa shape index (κ2) is 7.04. The number of para-hydroxylation sites is 1. The molecule has 0 radical (unpaired) electrons. The minimum absolute atomic E-state index is 0.0597. The highest BCUT2D eigenvalue weighted by Gasteiger charge is 2.59. The summed E-state index contributed by atoms with van der Waals surface area (Å²) in [6, 6.07) is 11.2. The standard InChI is InChI=1S/C24H25N5O2/c1-4-29-16(3)20(15(2)27-29)22(30)28-13-11-24(21(28)17-8-7-12-25-14-17)18-9-5-6-10-19(18)26-23(24)31/h5-10,12,14,21H,4,11,13H2,1-3H3,(H,26,31). The summed E-state index contributed by atoms with van der Waals surface area (Å²) in [5.74, 6) is -0.145. The lowest BCUT2D eigenvalue weighted by molar-refractivity contribution is -0.121. The second-order valence-electron chi connectivity index (χ2n) is 8.27. The maximum Gasteiger partial charge on any atom is 0.258 e. The Labute approximate surface area is 181 Å². The molecular formula is C24H25N5O2. The van der Waals surface area contributed by atoms with Crippen molar-refractivity contribution in [3.63, 3.8) is 0 Å². The number of rotatable bonds is 3. The Kier molecular flexibility index (Phi) is 4.43. The summed E-state index contributed by atoms with van der Waals surface area (Å²) in [5.41, 5.74) is 3.98. The molecule has 1 spiro atoms. The van der Waals surface area contributed by atoms with E-state index in [1.807, 2.05) is 66.8 Å². The first kappa shape index (κ1) is 19.5. The fourth-order valence-electron chi connectivity index (χ4n) is 5.36. The van der Waals surface area contributed by atoms with Crippen molar-refractivity contribution in [3.05, 3.63) is 76.9 Å². The third-order valence-electron chi connectivity index (χ3n) is 6.74. The van der Waals surface area contributed by atoms with Crippen molar-refractivity contribution in [1.82, 2.24) is 19.7 Å². The third-order valence-corrected chi connectivity index (χ3v) is 6.74. The van der Waals surface area contributed by atoms with Crippen LogP contribution in [-0.2, 0) is 16.8 Å². The number of carbonyl (C=O) groups is 2. The Bertz CT molecular complexity index is 1190. The Hall–Kier alpha value is -3.48. The van der Waals surface area contributed by atoms with Gasteiger partial charge in [-0.25, -0.2) is 0 Å². The van der Waals surface area contributed by atoms with Crippen molar-refractivity contribution in [3.8, 4) is 0 Å². The molecule has 0 aliphatic carbocycles. The summed E-state index contributed by atoms with van der Waals surface area (Å²) in [4.78, 5) is 33.5. The second-order valence-corrected chi connectivity index (χ2v) is 8.27. The molecule has 31 heavy (non-hydrogen) atoms. The molecule has 7 nitrogen and oxygen atoms in total. The molecule has 158 valence electrons. The Morgan fingerprint density at radius 1 is 1.23 bits per heavy atom. The molecule has 1 fully saturated rings. The van der Waals surface area contributed by atoms with E-state index >= 15 is 0 Å². The predicted octanol–water partition coefficient (Wildman–Crippen LogP) is 3.39. The highest BCUT2D eigenvalue weighted by molar-refractivity contribution is 6.08. The van der Waals surface area contributed by atoms with Crippen molar-refractivity contribution in [2.45, 2.75) is 45.2 Å². The summed E-state index contributed by atoms with van der Waals surface area (Å²) in [6.07, 6.45) is 4.03. The molecule has 4 heterocycles. The molecule has 5 rings (SSSR count). The number of anilines is 1. The zero-order valence-corrected chi connectivity index (χ0v) is 17.9. The van der Waals surface area contributed by atoms with E-state index in [2.05, 4.69) is 15.4 Å². The summed E-state index contributed by atoms with van der Waals surface area (Å²) in [7, 11) is 0. The number of pyridine rings is 1. The fourth-order valence-corrected chi connectivity index (χ4v) is 5.36. The van der Waals surface area contributed by atoms with Crippen LogP contribution in [0.5, 0.6) is 0 Å². The highest BCUT2D eigenvalue weighted by Crippen LogP contribution is 2.54. The van der Waals surface area contributed by atoms with Gasteiger partial charge < -0.3 is 10.2 Å². The van der Waals surface area contributed by atoms with Crippen LogP contribution in [0, 0.1) is 13.8 Å². The van der Waals surface area contributed by atoms with Gasteiger partial charge in [0.2, 0.25) is 5.91 Å². The number of hydrogen-bond donors (Lipinski definition) is 1. The average molecular weight is 415 g/mol. The van der Waals surface area contributed by atoms with E-state index in [0.29, 0.717) is 30.8 Å². The van der Waals surface area contributed by atoms with Gasteiger partial charge in [0, 0.05) is 36.9 Å². The zero-order chi connectivity index (χ0) is 21.8. The third kappa shape index (κ3) is 2.65. The van der Waals surface area contributed by atoms with Crippen molar-refractivity contribution >= 4 is 17.5 Å². The van der Waals surface area contributed by atoms with E-state index in [9.17, 15) is 9.59 Å². The van der Waals surface area contributed by atoms with Crippen LogP contribution in [-0.4, -0.2) is 38.0 Å². The van der Waals surface area contributed by atoms with Crippen molar-refractivity contribution in [2.75, 3.05) is 11.9 Å². The summed E-state index contributed by atoms with van der Waals surface area (Å²) in [6.45, 7) is 6.99. The van der Waals surface area contributed by atoms with E-state index in [-0.39, 0.29) is 11.8 Å². The van der Waals surface area contributed by atoms with Crippen LogP contribution in [0.15, 0.2) is 48.8 Å². The first-order valence-electron chi connectivity index (χ1n) is 10.6. The molecule has 2 amide bonds. The van der Waals surface area contributed by atoms with Gasteiger partial charge in [-0.3, -0.25) is 19.3 Å². The monoisotopic (exact) mass is 415 g/mol. The van der Waals surface area contributed by atoms with Crippen LogP contribution in [0.1, 0.15) is 52.3 Å². The van der Waals surface area contributed by atoms with Gasteiger partial charge >= 0.3 is 0 Å². The van der Waals surface area contributed by atoms with Crippen LogP contribution < -0.4 is 5.32 Å². The Morgan fingerprint density at radius 2 is 2.03 bits per heavy atom. The van der Waals surface area contributed by atoms with Gasteiger partial charge in [-0.15, -0.1) is 0 Å². The molecule has 2 atom stereocenters. The van der Waals surface area contributed by atoms with Gasteiger partial charge in [0.05, 0.1) is 17.3 Å². The minimum atomic E-state index is -0.835. The molecule has 1 N–H and O–H groups in total. The smallest absolute Gasteiger partial charge is 0.258 e. The number of benzene rings is 1. The molecule has 0 saturated carbocycles. The van der Waals surface area contributed by atoms with Crippen molar-refractivity contribution in [1.29, 1.82) is 0 Å². The van der Waals surface area contributed by atoms with Crippen LogP contribution in [0.25, 0.3) is 0 Å². The van der Waals surface area contributed by atoms with Gasteiger partial charge in [0.1, 0.15) is 5.41 Å². The molecule has 3 aromatic rings. The van der Waals surface area contributed by atoms with Crippen LogP contribution in [0.2, 0.25) is 0 Å². The SMILES string of the molecule is CCn1nc(C)c(C(=O)N2CCC3(C(=O)Nc4ccccc43)C2c2cccnc2)c1C. The molecule has 0 bridgehead atoms. The number of hydrogen-bond acceptors (Lipinski definition) is 4. The number of nitrogens with zero attached hydrogens (tertiary/aromatic N) is 4. The van der Waals surface area contributed by atoms with E-state index < -0.39 is 11.5 Å². The predicted molar refractivity (Wildman–Crippen MR) is 117 cm³/mol. The van der Waals surface area contributed by atoms with Crippen LogP contribution in [0.3, 0.4) is 0 Å². The average Bonchev–Trinajstić information content (AvgIpc) is 3.41. The number of aryl methyl sites for hydroxylation is 2. The molecule has 2 aliphatic heterocycles. The normalized spacial score (nSPS) is 22.1. The highest BCUT2D eigenvalue weighted by atomic mass is 16.2. The van der Waals surface area contributed by atoms with Gasteiger partial charge in [-0.1, -0.05) is 24.3 Å². The zero-order valence-electron chi connectivity index (χ0n) is 17.9. The van der Waals surface area contributed by atoms with Gasteiger partial charge in [-0.2, -0.15) is 5.10 Å². The maximum atomic E-state index is 13.9. The summed E-state index contributed by atoms with van der Waals surface area (Å²) >= 11 is 0. The van der Waals surface area contributed by atoms with Crippen LogP contribution >= 0.6 is 0 Å². The molecule has 2 unspecified atom stereocenters. The van der Waals surface area contributed by atoms with Gasteiger partial charge in [0.15, 0.2) is 0 Å². The van der Waals surface area contributed by atoms with Crippen molar-refractivity contribution in [2.24, 2.45) is 0 Å². The summed E-state index contributed by atoms with van der Waals surface area (Å²) in [5, 5.41) is 7.59. The molecule has 1 aromatic carbocycles. The van der Waals surface area contributed by atoms with E-state index in [0.717, 1.165) is 22.5 Å².